The molecular weight excluding hydrogens is 332 g/mol. The van der Waals surface area contributed by atoms with Crippen LogP contribution in [0.1, 0.15) is 42.5 Å². The molecule has 0 unspecified atom stereocenters. The molecule has 0 spiro atoms. The van der Waals surface area contributed by atoms with Crippen LogP contribution in [-0.4, -0.2) is 45.8 Å². The van der Waals surface area contributed by atoms with E-state index < -0.39 is 16.0 Å². The maximum absolute atomic E-state index is 12.4. The number of benzene rings is 1. The molecule has 1 aliphatic rings. The van der Waals surface area contributed by atoms with E-state index in [0.29, 0.717) is 18.8 Å². The number of carbonyl (C=O) groups is 1. The Morgan fingerprint density at radius 3 is 2.67 bits per heavy atom. The number of hydrogen-bond acceptors (Lipinski definition) is 5. The van der Waals surface area contributed by atoms with Crippen LogP contribution in [0.5, 0.6) is 0 Å². The Labute approximate surface area is 142 Å². The van der Waals surface area contributed by atoms with Gasteiger partial charge in [0.25, 0.3) is 0 Å². The maximum Gasteiger partial charge on any atom is 0.337 e. The molecule has 1 aromatic carbocycles. The van der Waals surface area contributed by atoms with Crippen LogP contribution in [0, 0.1) is 0 Å². The Kier molecular flexibility index (Phi) is 6.59. The number of carboxylic acid groups (broad SMARTS) is 1. The standard InChI is InChI=1S/C16H24N2O5S/c1-23-10-4-9-17-15-8-7-13(11-14(15)16(19)20)24(21,22)18-12-5-2-3-6-12/h7-8,11-12,17-18H,2-6,9-10H2,1H3,(H,19,20). The molecule has 1 fully saturated rings. The quantitative estimate of drug-likeness (QED) is 0.585. The number of hydrogen-bond donors (Lipinski definition) is 3. The lowest BCUT2D eigenvalue weighted by Gasteiger charge is -2.15. The van der Waals surface area contributed by atoms with Crippen molar-refractivity contribution in [1.29, 1.82) is 0 Å². The Balaban J connectivity index is 2.16. The van der Waals surface area contributed by atoms with Crippen molar-refractivity contribution in [3.05, 3.63) is 23.8 Å². The van der Waals surface area contributed by atoms with Crippen LogP contribution in [0.3, 0.4) is 0 Å². The van der Waals surface area contributed by atoms with Gasteiger partial charge >= 0.3 is 5.97 Å². The van der Waals surface area contributed by atoms with Crippen LogP contribution in [0.4, 0.5) is 5.69 Å². The van der Waals surface area contributed by atoms with Crippen molar-refractivity contribution in [2.24, 2.45) is 0 Å². The summed E-state index contributed by atoms with van der Waals surface area (Å²) in [6, 6.07) is 4.08. The minimum atomic E-state index is -3.71. The van der Waals surface area contributed by atoms with Crippen molar-refractivity contribution in [3.8, 4) is 0 Å². The van der Waals surface area contributed by atoms with E-state index in [1.165, 1.54) is 18.2 Å². The van der Waals surface area contributed by atoms with Crippen LogP contribution in [0.25, 0.3) is 0 Å². The molecular formula is C16H24N2O5S. The topological polar surface area (TPSA) is 105 Å². The third kappa shape index (κ3) is 4.93. The largest absolute Gasteiger partial charge is 0.478 e. The van der Waals surface area contributed by atoms with Crippen molar-refractivity contribution >= 4 is 21.7 Å². The van der Waals surface area contributed by atoms with Crippen LogP contribution in [0.15, 0.2) is 23.1 Å². The van der Waals surface area contributed by atoms with Gasteiger partial charge < -0.3 is 15.2 Å². The van der Waals surface area contributed by atoms with E-state index >= 15 is 0 Å². The van der Waals surface area contributed by atoms with Gasteiger partial charge in [0.1, 0.15) is 0 Å². The highest BCUT2D eigenvalue weighted by Gasteiger charge is 2.24. The smallest absolute Gasteiger partial charge is 0.337 e. The van der Waals surface area contributed by atoms with Crippen LogP contribution in [0.2, 0.25) is 0 Å². The van der Waals surface area contributed by atoms with Crippen LogP contribution >= 0.6 is 0 Å². The lowest BCUT2D eigenvalue weighted by molar-refractivity contribution is 0.0697. The highest BCUT2D eigenvalue weighted by molar-refractivity contribution is 7.89. The summed E-state index contributed by atoms with van der Waals surface area (Å²) in [6.07, 6.45) is 4.39. The predicted molar refractivity (Wildman–Crippen MR) is 91.0 cm³/mol. The van der Waals surface area contributed by atoms with Gasteiger partial charge in [-0.15, -0.1) is 0 Å². The zero-order valence-electron chi connectivity index (χ0n) is 13.7. The minimum absolute atomic E-state index is 0.0192. The van der Waals surface area contributed by atoms with Gasteiger partial charge in [0.2, 0.25) is 10.0 Å². The van der Waals surface area contributed by atoms with E-state index in [1.807, 2.05) is 0 Å². The molecule has 2 rings (SSSR count). The van der Waals surface area contributed by atoms with Crippen LogP contribution in [-0.2, 0) is 14.8 Å². The van der Waals surface area contributed by atoms with Gasteiger partial charge in [-0.05, 0) is 37.5 Å². The average molecular weight is 356 g/mol. The average Bonchev–Trinajstić information content (AvgIpc) is 3.03. The van der Waals surface area contributed by atoms with Gasteiger partial charge in [-0.25, -0.2) is 17.9 Å². The summed E-state index contributed by atoms with van der Waals surface area (Å²) < 4.78 is 32.5. The van der Waals surface area contributed by atoms with Crippen molar-refractivity contribution < 1.29 is 23.1 Å². The first-order valence-corrected chi connectivity index (χ1v) is 9.55. The molecule has 0 aromatic heterocycles. The Bertz CT molecular complexity index is 669. The molecule has 1 aromatic rings. The predicted octanol–water partition coefficient (Wildman–Crippen LogP) is 2.05. The number of anilines is 1. The van der Waals surface area contributed by atoms with E-state index in [9.17, 15) is 18.3 Å². The number of carboxylic acids is 1. The van der Waals surface area contributed by atoms with Gasteiger partial charge in [-0.2, -0.15) is 0 Å². The number of sulfonamides is 1. The molecule has 24 heavy (non-hydrogen) atoms. The zero-order chi connectivity index (χ0) is 17.6. The highest BCUT2D eigenvalue weighted by atomic mass is 32.2. The van der Waals surface area contributed by atoms with Crippen LogP contribution < -0.4 is 10.0 Å². The van der Waals surface area contributed by atoms with Gasteiger partial charge in [-0.1, -0.05) is 12.8 Å². The van der Waals surface area contributed by atoms with Gasteiger partial charge in [0.05, 0.1) is 10.5 Å². The Hall–Kier alpha value is -1.64. The summed E-state index contributed by atoms with van der Waals surface area (Å²) in [5, 5.41) is 12.4. The molecule has 1 aliphatic carbocycles. The number of ether oxygens (including phenoxy) is 1. The number of nitrogens with one attached hydrogen (secondary N) is 2. The Morgan fingerprint density at radius 1 is 1.33 bits per heavy atom. The maximum atomic E-state index is 12.4. The van der Waals surface area contributed by atoms with Crippen molar-refractivity contribution in [2.75, 3.05) is 25.6 Å². The molecule has 7 nitrogen and oxygen atoms in total. The van der Waals surface area contributed by atoms with Gasteiger partial charge in [0.15, 0.2) is 0 Å². The third-order valence-corrected chi connectivity index (χ3v) is 5.57. The zero-order valence-corrected chi connectivity index (χ0v) is 14.6. The Morgan fingerprint density at radius 2 is 2.04 bits per heavy atom. The number of rotatable bonds is 9. The summed E-state index contributed by atoms with van der Waals surface area (Å²) in [6.45, 7) is 1.10. The molecule has 0 aliphatic heterocycles. The minimum Gasteiger partial charge on any atom is -0.478 e. The van der Waals surface area contributed by atoms with Crippen molar-refractivity contribution in [1.82, 2.24) is 4.72 Å². The summed E-state index contributed by atoms with van der Waals surface area (Å²) in [5.41, 5.74) is 0.347. The lowest BCUT2D eigenvalue weighted by atomic mass is 10.2. The molecule has 1 saturated carbocycles. The second kappa shape index (κ2) is 8.46. The summed E-state index contributed by atoms with van der Waals surface area (Å²) in [4.78, 5) is 11.4. The molecule has 0 radical (unpaired) electrons. The van der Waals surface area contributed by atoms with E-state index in [-0.39, 0.29) is 16.5 Å². The molecule has 8 heteroatoms. The molecule has 0 saturated heterocycles. The SMILES string of the molecule is COCCCNc1ccc(S(=O)(=O)NC2CCCC2)cc1C(=O)O. The first-order valence-electron chi connectivity index (χ1n) is 8.06. The second-order valence-corrected chi connectivity index (χ2v) is 7.60. The van der Waals surface area contributed by atoms with Crippen molar-refractivity contribution in [3.63, 3.8) is 0 Å². The summed E-state index contributed by atoms with van der Waals surface area (Å²) >= 11 is 0. The lowest BCUT2D eigenvalue weighted by Crippen LogP contribution is -2.32. The summed E-state index contributed by atoms with van der Waals surface area (Å²) in [5.74, 6) is -1.16. The third-order valence-electron chi connectivity index (χ3n) is 4.05. The van der Waals surface area contributed by atoms with E-state index in [2.05, 4.69) is 10.0 Å². The van der Waals surface area contributed by atoms with E-state index in [0.717, 1.165) is 32.1 Å². The number of aromatic carboxylic acids is 1. The molecule has 0 atom stereocenters. The van der Waals surface area contributed by atoms with Crippen molar-refractivity contribution in [2.45, 2.75) is 43.0 Å². The normalized spacial score (nSPS) is 15.5. The van der Waals surface area contributed by atoms with Gasteiger partial charge in [0, 0.05) is 32.0 Å². The number of methoxy groups -OCH3 is 1. The van der Waals surface area contributed by atoms with Gasteiger partial charge in [-0.3, -0.25) is 0 Å². The first kappa shape index (κ1) is 18.7. The first-order chi connectivity index (χ1) is 11.4. The summed E-state index contributed by atoms with van der Waals surface area (Å²) in [7, 11) is -2.11. The fraction of sp³-hybridized carbons (Fsp3) is 0.562. The fourth-order valence-electron chi connectivity index (χ4n) is 2.79. The monoisotopic (exact) mass is 356 g/mol. The fourth-order valence-corrected chi connectivity index (χ4v) is 4.12. The molecule has 3 N–H and O–H groups in total. The molecule has 0 heterocycles. The molecule has 0 bridgehead atoms. The molecule has 134 valence electrons. The molecule has 0 amide bonds. The highest BCUT2D eigenvalue weighted by Crippen LogP contribution is 2.23. The van der Waals surface area contributed by atoms with E-state index in [4.69, 9.17) is 4.74 Å². The second-order valence-electron chi connectivity index (χ2n) is 5.89. The van der Waals surface area contributed by atoms with E-state index in [1.54, 1.807) is 7.11 Å².